The van der Waals surface area contributed by atoms with Gasteiger partial charge in [-0.15, -0.1) is 11.3 Å². The lowest BCUT2D eigenvalue weighted by atomic mass is 10.2. The van der Waals surface area contributed by atoms with Crippen LogP contribution in [0.15, 0.2) is 60.1 Å². The molecule has 0 bridgehead atoms. The molecule has 2 heterocycles. The summed E-state index contributed by atoms with van der Waals surface area (Å²) in [4.78, 5) is 18.1. The average Bonchev–Trinajstić information content (AvgIpc) is 3.20. The van der Waals surface area contributed by atoms with E-state index in [4.69, 9.17) is 11.6 Å². The molecule has 6 heteroatoms. The molecule has 0 atom stereocenters. The fourth-order valence-corrected chi connectivity index (χ4v) is 3.65. The second-order valence-corrected chi connectivity index (χ2v) is 6.88. The third-order valence-electron chi connectivity index (χ3n) is 4.03. The molecule has 2 aromatic carbocycles. The Hall–Kier alpha value is -2.63. The van der Waals surface area contributed by atoms with Gasteiger partial charge in [0, 0.05) is 27.9 Å². The van der Waals surface area contributed by atoms with Gasteiger partial charge in [-0.2, -0.15) is 0 Å². The number of nitrogens with zero attached hydrogens (tertiary/aromatic N) is 2. The van der Waals surface area contributed by atoms with Crippen molar-refractivity contribution in [1.82, 2.24) is 9.38 Å². The highest BCUT2D eigenvalue weighted by atomic mass is 35.5. The number of hydrogen-bond donors (Lipinski definition) is 1. The molecule has 4 rings (SSSR count). The lowest BCUT2D eigenvalue weighted by Crippen LogP contribution is -2.14. The summed E-state index contributed by atoms with van der Waals surface area (Å²) < 4.78 is 1.82. The molecule has 0 spiro atoms. The Bertz CT molecular complexity index is 1070. The largest absolute Gasteiger partial charge is 0.320 e. The number of aromatic nitrogens is 2. The lowest BCUT2D eigenvalue weighted by Gasteiger charge is -2.08. The molecule has 0 saturated heterocycles. The van der Waals surface area contributed by atoms with E-state index in [9.17, 15) is 4.79 Å². The Morgan fingerprint density at radius 2 is 1.96 bits per heavy atom. The van der Waals surface area contributed by atoms with E-state index < -0.39 is 0 Å². The van der Waals surface area contributed by atoms with Gasteiger partial charge in [0.05, 0.1) is 5.69 Å². The maximum atomic E-state index is 12.7. The first-order valence-corrected chi connectivity index (χ1v) is 8.98. The van der Waals surface area contributed by atoms with E-state index in [0.29, 0.717) is 16.4 Å². The van der Waals surface area contributed by atoms with Crippen LogP contribution in [0.5, 0.6) is 0 Å². The zero-order valence-electron chi connectivity index (χ0n) is 13.4. The van der Waals surface area contributed by atoms with Crippen LogP contribution in [0, 0.1) is 6.92 Å². The number of halogens is 1. The van der Waals surface area contributed by atoms with Crippen molar-refractivity contribution in [2.45, 2.75) is 6.92 Å². The monoisotopic (exact) mass is 367 g/mol. The van der Waals surface area contributed by atoms with Crippen molar-refractivity contribution >= 4 is 39.5 Å². The van der Waals surface area contributed by atoms with Crippen LogP contribution >= 0.6 is 22.9 Å². The fraction of sp³-hybridized carbons (Fsp3) is 0.0526. The Kier molecular flexibility index (Phi) is 4.03. The van der Waals surface area contributed by atoms with Crippen LogP contribution in [0.1, 0.15) is 16.1 Å². The third-order valence-corrected chi connectivity index (χ3v) is 5.28. The van der Waals surface area contributed by atoms with Crippen LogP contribution < -0.4 is 5.32 Å². The summed E-state index contributed by atoms with van der Waals surface area (Å²) in [5.41, 5.74) is 3.98. The first-order valence-electron chi connectivity index (χ1n) is 7.72. The SMILES string of the molecule is Cc1c(Cl)cccc1NC(=O)c1csc2nc(-c3ccccc3)cn12. The highest BCUT2D eigenvalue weighted by Crippen LogP contribution is 2.26. The van der Waals surface area contributed by atoms with E-state index in [1.165, 1.54) is 11.3 Å². The first-order chi connectivity index (χ1) is 12.1. The second-order valence-electron chi connectivity index (χ2n) is 5.63. The van der Waals surface area contributed by atoms with Gasteiger partial charge >= 0.3 is 0 Å². The van der Waals surface area contributed by atoms with Gasteiger partial charge in [0.2, 0.25) is 0 Å². The fourth-order valence-electron chi connectivity index (χ4n) is 2.62. The molecule has 0 aliphatic rings. The van der Waals surface area contributed by atoms with Crippen LogP contribution in [-0.4, -0.2) is 15.3 Å². The summed E-state index contributed by atoms with van der Waals surface area (Å²) >= 11 is 7.56. The topological polar surface area (TPSA) is 46.4 Å². The number of rotatable bonds is 3. The number of carbonyl (C=O) groups is 1. The molecule has 1 amide bonds. The van der Waals surface area contributed by atoms with Crippen LogP contribution in [0.25, 0.3) is 16.2 Å². The van der Waals surface area contributed by atoms with E-state index in [-0.39, 0.29) is 5.91 Å². The van der Waals surface area contributed by atoms with E-state index in [1.807, 2.05) is 65.4 Å². The minimum atomic E-state index is -0.186. The summed E-state index contributed by atoms with van der Waals surface area (Å²) in [7, 11) is 0. The quantitative estimate of drug-likeness (QED) is 0.535. The Balaban J connectivity index is 1.68. The van der Waals surface area contributed by atoms with Crippen molar-refractivity contribution in [2.24, 2.45) is 0 Å². The maximum Gasteiger partial charge on any atom is 0.273 e. The summed E-state index contributed by atoms with van der Waals surface area (Å²) in [6.45, 7) is 1.88. The van der Waals surface area contributed by atoms with Crippen molar-refractivity contribution < 1.29 is 4.79 Å². The molecule has 124 valence electrons. The van der Waals surface area contributed by atoms with E-state index in [0.717, 1.165) is 21.8 Å². The molecule has 1 N–H and O–H groups in total. The standard InChI is InChI=1S/C19H14ClN3OS/c1-12-14(20)8-5-9-15(12)21-18(24)17-11-25-19-22-16(10-23(17)19)13-6-3-2-4-7-13/h2-11H,1H3,(H,21,24). The van der Waals surface area contributed by atoms with Gasteiger partial charge in [0.25, 0.3) is 5.91 Å². The molecule has 0 aliphatic heterocycles. The van der Waals surface area contributed by atoms with Gasteiger partial charge in [-0.1, -0.05) is 48.0 Å². The first kappa shape index (κ1) is 15.9. The van der Waals surface area contributed by atoms with Gasteiger partial charge in [-0.05, 0) is 24.6 Å². The molecule has 4 aromatic rings. The smallest absolute Gasteiger partial charge is 0.273 e. The molecule has 0 radical (unpaired) electrons. The van der Waals surface area contributed by atoms with Crippen LogP contribution in [-0.2, 0) is 0 Å². The minimum Gasteiger partial charge on any atom is -0.320 e. The molecule has 0 fully saturated rings. The number of carbonyl (C=O) groups excluding carboxylic acids is 1. The number of fused-ring (bicyclic) bond motifs is 1. The molecule has 0 saturated carbocycles. The number of amides is 1. The predicted octanol–water partition coefficient (Wildman–Crippen LogP) is 5.28. The van der Waals surface area contributed by atoms with Gasteiger partial charge < -0.3 is 5.32 Å². The zero-order chi connectivity index (χ0) is 17.4. The number of imidazole rings is 1. The predicted molar refractivity (Wildman–Crippen MR) is 103 cm³/mol. The van der Waals surface area contributed by atoms with E-state index in [1.54, 1.807) is 6.07 Å². The van der Waals surface area contributed by atoms with Gasteiger partial charge in [-0.25, -0.2) is 4.98 Å². The van der Waals surface area contributed by atoms with Crippen molar-refractivity contribution in [1.29, 1.82) is 0 Å². The van der Waals surface area contributed by atoms with Gasteiger partial charge in [0.15, 0.2) is 4.96 Å². The average molecular weight is 368 g/mol. The molecular weight excluding hydrogens is 354 g/mol. The van der Waals surface area contributed by atoms with E-state index in [2.05, 4.69) is 10.3 Å². The van der Waals surface area contributed by atoms with Crippen LogP contribution in [0.2, 0.25) is 5.02 Å². The number of anilines is 1. The number of nitrogens with one attached hydrogen (secondary N) is 1. The molecule has 25 heavy (non-hydrogen) atoms. The lowest BCUT2D eigenvalue weighted by molar-refractivity contribution is 0.102. The van der Waals surface area contributed by atoms with Crippen molar-refractivity contribution in [2.75, 3.05) is 5.32 Å². The number of benzene rings is 2. The summed E-state index contributed by atoms with van der Waals surface area (Å²) in [5.74, 6) is -0.186. The van der Waals surface area contributed by atoms with Crippen molar-refractivity contribution in [3.63, 3.8) is 0 Å². The Morgan fingerprint density at radius 3 is 2.76 bits per heavy atom. The molecule has 2 aromatic heterocycles. The van der Waals surface area contributed by atoms with E-state index >= 15 is 0 Å². The summed E-state index contributed by atoms with van der Waals surface area (Å²) in [5, 5.41) is 5.37. The second kappa shape index (κ2) is 6.35. The molecule has 4 nitrogen and oxygen atoms in total. The highest BCUT2D eigenvalue weighted by Gasteiger charge is 2.16. The third kappa shape index (κ3) is 2.92. The Labute approximate surface area is 153 Å². The van der Waals surface area contributed by atoms with Crippen LogP contribution in [0.4, 0.5) is 5.69 Å². The maximum absolute atomic E-state index is 12.7. The van der Waals surface area contributed by atoms with Crippen molar-refractivity contribution in [3.8, 4) is 11.3 Å². The molecule has 0 aliphatic carbocycles. The van der Waals surface area contributed by atoms with Gasteiger partial charge in [0.1, 0.15) is 5.69 Å². The van der Waals surface area contributed by atoms with Crippen molar-refractivity contribution in [3.05, 3.63) is 76.4 Å². The Morgan fingerprint density at radius 1 is 1.16 bits per heavy atom. The minimum absolute atomic E-state index is 0.186. The number of hydrogen-bond acceptors (Lipinski definition) is 3. The number of thiazole rings is 1. The summed E-state index contributed by atoms with van der Waals surface area (Å²) in [6.07, 6.45) is 1.89. The highest BCUT2D eigenvalue weighted by molar-refractivity contribution is 7.15. The normalized spacial score (nSPS) is 11.0. The van der Waals surface area contributed by atoms with Crippen LogP contribution in [0.3, 0.4) is 0 Å². The summed E-state index contributed by atoms with van der Waals surface area (Å²) in [6, 6.07) is 15.4. The molecule has 0 unspecified atom stereocenters. The van der Waals surface area contributed by atoms with Gasteiger partial charge in [-0.3, -0.25) is 9.20 Å². The molecular formula is C19H14ClN3OS. The zero-order valence-corrected chi connectivity index (χ0v) is 14.9.